The largest absolute Gasteiger partial charge is 0.387 e. The van der Waals surface area contributed by atoms with Crippen LogP contribution in [-0.4, -0.2) is 59.0 Å². The molecule has 0 amide bonds. The van der Waals surface area contributed by atoms with Crippen LogP contribution in [0.5, 0.6) is 0 Å². The first-order valence-corrected chi connectivity index (χ1v) is 10.9. The molecule has 12 heteroatoms. The van der Waals surface area contributed by atoms with Crippen molar-refractivity contribution in [3.63, 3.8) is 0 Å². The average Bonchev–Trinajstić information content (AvgIpc) is 2.95. The summed E-state index contributed by atoms with van der Waals surface area (Å²) in [5.74, 6) is 0. The van der Waals surface area contributed by atoms with Crippen molar-refractivity contribution in [2.75, 3.05) is 0 Å². The molecule has 1 aliphatic rings. The Hall–Kier alpha value is -1.33. The number of aliphatic hydroxyl groups is 3. The van der Waals surface area contributed by atoms with E-state index in [4.69, 9.17) is 9.26 Å². The first-order valence-electron chi connectivity index (χ1n) is 9.28. The highest BCUT2D eigenvalue weighted by Gasteiger charge is 2.56. The zero-order valence-corrected chi connectivity index (χ0v) is 17.9. The maximum absolute atomic E-state index is 12.7. The van der Waals surface area contributed by atoms with Crippen LogP contribution in [0.3, 0.4) is 0 Å². The van der Waals surface area contributed by atoms with Crippen molar-refractivity contribution in [1.29, 1.82) is 0 Å². The summed E-state index contributed by atoms with van der Waals surface area (Å²) in [5, 5.41) is 29.2. The second kappa shape index (κ2) is 8.07. The van der Waals surface area contributed by atoms with Crippen LogP contribution in [0.25, 0.3) is 0 Å². The summed E-state index contributed by atoms with van der Waals surface area (Å²) in [6, 6.07) is 0. The van der Waals surface area contributed by atoms with Crippen LogP contribution in [-0.2, 0) is 20.9 Å². The molecule has 2 rings (SSSR count). The fourth-order valence-electron chi connectivity index (χ4n) is 3.13. The minimum Gasteiger partial charge on any atom is -0.387 e. The first-order chi connectivity index (χ1) is 13.2. The standard InChI is InChI=1S/C17H29N2O9P/c1-6-16(3,28-29(25,26)17(4,24)7-2)13-11(21)10(20)12(27-13)9-8-18-15(23)19(5)14(9)22/h8,10-13,20-21,24H,6-7H2,1-5H3,(H,18,23)(H,25,26)/t10-,11+,12+,13+,16?,17?/m1/s1. The molecule has 3 unspecified atom stereocenters. The van der Waals surface area contributed by atoms with Gasteiger partial charge in [-0.05, 0) is 26.7 Å². The summed E-state index contributed by atoms with van der Waals surface area (Å²) >= 11 is 0. The summed E-state index contributed by atoms with van der Waals surface area (Å²) in [4.78, 5) is 36.6. The summed E-state index contributed by atoms with van der Waals surface area (Å²) in [6.07, 6.45) is -4.60. The normalized spacial score (nSPS) is 31.1. The third kappa shape index (κ3) is 4.13. The van der Waals surface area contributed by atoms with E-state index >= 15 is 0 Å². The zero-order chi connectivity index (χ0) is 22.4. The highest BCUT2D eigenvalue weighted by atomic mass is 31.2. The fourth-order valence-corrected chi connectivity index (χ4v) is 4.52. The number of nitrogens with one attached hydrogen (secondary N) is 1. The second-order valence-electron chi connectivity index (χ2n) is 7.72. The molecule has 29 heavy (non-hydrogen) atoms. The van der Waals surface area contributed by atoms with Gasteiger partial charge in [0.25, 0.3) is 5.56 Å². The SMILES string of the molecule is CCC(C)(OP(=O)(O)C(C)(O)CC)[C@H]1O[C@@H](c2c[nH]c(=O)n(C)c2=O)[C@H](O)[C@@H]1O. The molecule has 0 saturated carbocycles. The number of nitrogens with zero attached hydrogens (tertiary/aromatic N) is 1. The van der Waals surface area contributed by atoms with Crippen LogP contribution in [0.4, 0.5) is 0 Å². The predicted octanol–water partition coefficient (Wildman–Crippen LogP) is -0.275. The third-order valence-corrected chi connectivity index (χ3v) is 7.89. The number of aliphatic hydroxyl groups excluding tert-OH is 2. The van der Waals surface area contributed by atoms with Crippen LogP contribution in [0.15, 0.2) is 15.8 Å². The van der Waals surface area contributed by atoms with E-state index < -0.39 is 54.2 Å². The summed E-state index contributed by atoms with van der Waals surface area (Å²) in [6.45, 7) is 5.71. The van der Waals surface area contributed by atoms with Gasteiger partial charge in [0.05, 0.1) is 5.56 Å². The van der Waals surface area contributed by atoms with E-state index in [9.17, 15) is 34.4 Å². The van der Waals surface area contributed by atoms with E-state index in [1.807, 2.05) is 0 Å². The molecule has 0 aromatic carbocycles. The Morgan fingerprint density at radius 1 is 1.24 bits per heavy atom. The minimum atomic E-state index is -4.58. The van der Waals surface area contributed by atoms with Gasteiger partial charge in [0.2, 0.25) is 0 Å². The smallest absolute Gasteiger partial charge is 0.359 e. The van der Waals surface area contributed by atoms with Gasteiger partial charge in [0.1, 0.15) is 30.0 Å². The lowest BCUT2D eigenvalue weighted by Crippen LogP contribution is -2.49. The Labute approximate surface area is 167 Å². The summed E-state index contributed by atoms with van der Waals surface area (Å²) in [7, 11) is -3.33. The molecule has 1 aliphatic heterocycles. The van der Waals surface area contributed by atoms with Gasteiger partial charge in [0.15, 0.2) is 5.34 Å². The Morgan fingerprint density at radius 3 is 2.34 bits per heavy atom. The van der Waals surface area contributed by atoms with Crippen LogP contribution in [0, 0.1) is 0 Å². The molecular weight excluding hydrogens is 407 g/mol. The fraction of sp³-hybridized carbons (Fsp3) is 0.765. The number of hydrogen-bond donors (Lipinski definition) is 5. The number of aromatic amines is 1. The molecule has 166 valence electrons. The van der Waals surface area contributed by atoms with Gasteiger partial charge in [-0.3, -0.25) is 18.5 Å². The van der Waals surface area contributed by atoms with Gasteiger partial charge in [0, 0.05) is 13.2 Å². The van der Waals surface area contributed by atoms with Crippen LogP contribution in [0.2, 0.25) is 0 Å². The Morgan fingerprint density at radius 2 is 1.83 bits per heavy atom. The number of hydrogen-bond acceptors (Lipinski definition) is 8. The molecule has 7 atom stereocenters. The molecule has 2 heterocycles. The van der Waals surface area contributed by atoms with Crippen molar-refractivity contribution >= 4 is 7.60 Å². The number of ether oxygens (including phenoxy) is 1. The second-order valence-corrected chi connectivity index (χ2v) is 9.91. The molecule has 1 fully saturated rings. The molecule has 0 radical (unpaired) electrons. The highest BCUT2D eigenvalue weighted by molar-refractivity contribution is 7.54. The Balaban J connectivity index is 2.42. The zero-order valence-electron chi connectivity index (χ0n) is 17.0. The average molecular weight is 436 g/mol. The quantitative estimate of drug-likeness (QED) is 0.361. The maximum Gasteiger partial charge on any atom is 0.359 e. The molecule has 0 aliphatic carbocycles. The molecule has 11 nitrogen and oxygen atoms in total. The molecule has 0 bridgehead atoms. The monoisotopic (exact) mass is 436 g/mol. The van der Waals surface area contributed by atoms with Gasteiger partial charge in [-0.2, -0.15) is 0 Å². The van der Waals surface area contributed by atoms with Gasteiger partial charge in [-0.25, -0.2) is 4.79 Å². The summed E-state index contributed by atoms with van der Waals surface area (Å²) in [5.41, 5.74) is -3.04. The Bertz CT molecular complexity index is 911. The number of rotatable bonds is 7. The van der Waals surface area contributed by atoms with Gasteiger partial charge < -0.3 is 29.9 Å². The summed E-state index contributed by atoms with van der Waals surface area (Å²) < 4.78 is 24.6. The van der Waals surface area contributed by atoms with Gasteiger partial charge in [-0.1, -0.05) is 13.8 Å². The molecular formula is C17H29N2O9P. The number of aromatic nitrogens is 2. The van der Waals surface area contributed by atoms with Crippen molar-refractivity contribution in [2.24, 2.45) is 7.05 Å². The minimum absolute atomic E-state index is 0.0622. The predicted molar refractivity (Wildman–Crippen MR) is 102 cm³/mol. The van der Waals surface area contributed by atoms with E-state index in [0.29, 0.717) is 0 Å². The van der Waals surface area contributed by atoms with E-state index in [1.54, 1.807) is 6.92 Å². The van der Waals surface area contributed by atoms with E-state index in [-0.39, 0.29) is 18.4 Å². The van der Waals surface area contributed by atoms with Gasteiger partial charge in [-0.15, -0.1) is 0 Å². The van der Waals surface area contributed by atoms with Crippen molar-refractivity contribution in [3.05, 3.63) is 32.6 Å². The molecule has 5 N–H and O–H groups in total. The topological polar surface area (TPSA) is 171 Å². The van der Waals surface area contributed by atoms with E-state index in [0.717, 1.165) is 17.7 Å². The Kier molecular flexibility index (Phi) is 6.66. The van der Waals surface area contributed by atoms with Crippen LogP contribution >= 0.6 is 7.60 Å². The van der Waals surface area contributed by atoms with E-state index in [1.165, 1.54) is 20.9 Å². The number of H-pyrrole nitrogens is 1. The molecule has 1 saturated heterocycles. The molecule has 0 spiro atoms. The van der Waals surface area contributed by atoms with E-state index in [2.05, 4.69) is 4.98 Å². The van der Waals surface area contributed by atoms with Crippen molar-refractivity contribution < 1.29 is 34.0 Å². The van der Waals surface area contributed by atoms with Crippen molar-refractivity contribution in [3.8, 4) is 0 Å². The third-order valence-electron chi connectivity index (χ3n) is 5.69. The lowest BCUT2D eigenvalue weighted by atomic mass is 9.90. The first kappa shape index (κ1) is 23.9. The lowest BCUT2D eigenvalue weighted by Gasteiger charge is -2.40. The van der Waals surface area contributed by atoms with Crippen molar-refractivity contribution in [2.45, 2.75) is 75.9 Å². The highest BCUT2D eigenvalue weighted by Crippen LogP contribution is 2.59. The maximum atomic E-state index is 12.7. The van der Waals surface area contributed by atoms with Crippen molar-refractivity contribution in [1.82, 2.24) is 9.55 Å². The molecule has 1 aromatic heterocycles. The molecule has 1 aromatic rings. The van der Waals surface area contributed by atoms with Crippen LogP contribution < -0.4 is 11.2 Å². The van der Waals surface area contributed by atoms with Crippen LogP contribution in [0.1, 0.15) is 52.2 Å². The lowest BCUT2D eigenvalue weighted by molar-refractivity contribution is -0.116. The van der Waals surface area contributed by atoms with Gasteiger partial charge >= 0.3 is 13.3 Å².